The molecular formula is C13H22Cl2F3N5O2. The van der Waals surface area contributed by atoms with Gasteiger partial charge in [0.05, 0.1) is 19.1 Å². The second-order valence-corrected chi connectivity index (χ2v) is 5.35. The van der Waals surface area contributed by atoms with Crippen LogP contribution in [0.3, 0.4) is 0 Å². The van der Waals surface area contributed by atoms with Crippen LogP contribution in [0.4, 0.5) is 13.2 Å². The summed E-state index contributed by atoms with van der Waals surface area (Å²) in [5, 5.41) is 4.75. The molecule has 2 amide bonds. The van der Waals surface area contributed by atoms with Gasteiger partial charge in [-0.05, 0) is 5.92 Å². The molecular weight excluding hydrogens is 386 g/mol. The van der Waals surface area contributed by atoms with Gasteiger partial charge in [0.2, 0.25) is 11.8 Å². The molecule has 0 radical (unpaired) electrons. The van der Waals surface area contributed by atoms with Gasteiger partial charge in [0, 0.05) is 12.4 Å². The number of alkyl halides is 3. The van der Waals surface area contributed by atoms with Gasteiger partial charge in [0.25, 0.3) is 0 Å². The minimum absolute atomic E-state index is 0. The summed E-state index contributed by atoms with van der Waals surface area (Å²) < 4.78 is 38.0. The Hall–Kier alpha value is -1.52. The zero-order valence-electron chi connectivity index (χ0n) is 13.7. The molecule has 146 valence electrons. The summed E-state index contributed by atoms with van der Waals surface area (Å²) in [6.45, 7) is 1.88. The van der Waals surface area contributed by atoms with Crippen molar-refractivity contribution in [2.45, 2.75) is 39.2 Å². The first-order chi connectivity index (χ1) is 10.6. The first-order valence-corrected chi connectivity index (χ1v) is 6.97. The number of carbonyl (C=O) groups excluding carboxylic acids is 2. The van der Waals surface area contributed by atoms with Crippen molar-refractivity contribution in [1.29, 1.82) is 0 Å². The lowest BCUT2D eigenvalue weighted by Crippen LogP contribution is -2.47. The van der Waals surface area contributed by atoms with Crippen LogP contribution in [0, 0.1) is 5.92 Å². The van der Waals surface area contributed by atoms with Gasteiger partial charge >= 0.3 is 6.18 Å². The van der Waals surface area contributed by atoms with E-state index in [9.17, 15) is 22.8 Å². The van der Waals surface area contributed by atoms with E-state index in [1.165, 1.54) is 12.4 Å². The van der Waals surface area contributed by atoms with Gasteiger partial charge in [0.15, 0.2) is 0 Å². The first-order valence-electron chi connectivity index (χ1n) is 6.97. The van der Waals surface area contributed by atoms with E-state index < -0.39 is 30.6 Å². The largest absolute Gasteiger partial charge is 0.406 e. The van der Waals surface area contributed by atoms with Crippen molar-refractivity contribution in [3.05, 3.63) is 18.2 Å². The number of hydrogen-bond donors (Lipinski definition) is 3. The molecule has 0 aliphatic carbocycles. The fourth-order valence-electron chi connectivity index (χ4n) is 1.67. The minimum Gasteiger partial charge on any atom is -0.347 e. The molecule has 0 bridgehead atoms. The Kier molecular flexibility index (Phi) is 11.5. The lowest BCUT2D eigenvalue weighted by atomic mass is 10.1. The number of nitrogens with two attached hydrogens (primary N) is 1. The van der Waals surface area contributed by atoms with Crippen LogP contribution in [0.25, 0.3) is 0 Å². The Morgan fingerprint density at radius 2 is 1.88 bits per heavy atom. The number of amides is 2. The second kappa shape index (κ2) is 11.2. The van der Waals surface area contributed by atoms with E-state index in [1.54, 1.807) is 13.8 Å². The predicted molar refractivity (Wildman–Crippen MR) is 90.4 cm³/mol. The quantitative estimate of drug-likeness (QED) is 0.627. The van der Waals surface area contributed by atoms with E-state index in [2.05, 4.69) is 15.6 Å². The van der Waals surface area contributed by atoms with Crippen molar-refractivity contribution in [2.24, 2.45) is 11.7 Å². The number of carbonyl (C=O) groups is 2. The molecule has 0 fully saturated rings. The third kappa shape index (κ3) is 9.51. The number of aromatic nitrogens is 2. The lowest BCUT2D eigenvalue weighted by molar-refractivity contribution is -0.141. The van der Waals surface area contributed by atoms with Gasteiger partial charge in [-0.3, -0.25) is 9.59 Å². The Labute approximate surface area is 155 Å². The molecule has 25 heavy (non-hydrogen) atoms. The molecule has 1 heterocycles. The van der Waals surface area contributed by atoms with Crippen molar-refractivity contribution in [2.75, 3.05) is 6.54 Å². The van der Waals surface area contributed by atoms with Gasteiger partial charge < -0.3 is 20.9 Å². The van der Waals surface area contributed by atoms with Crippen LogP contribution in [-0.2, 0) is 22.7 Å². The molecule has 12 heteroatoms. The summed E-state index contributed by atoms with van der Waals surface area (Å²) in [6, 6.07) is -0.728. The van der Waals surface area contributed by atoms with E-state index in [1.807, 2.05) is 0 Å². The number of nitrogens with one attached hydrogen (secondary N) is 2. The lowest BCUT2D eigenvalue weighted by Gasteiger charge is -2.15. The molecule has 0 saturated heterocycles. The van der Waals surface area contributed by atoms with Crippen LogP contribution >= 0.6 is 24.8 Å². The van der Waals surface area contributed by atoms with Crippen LogP contribution in [0.2, 0.25) is 0 Å². The van der Waals surface area contributed by atoms with Crippen molar-refractivity contribution in [3.8, 4) is 0 Å². The van der Waals surface area contributed by atoms with Crippen LogP contribution in [0.5, 0.6) is 0 Å². The number of nitrogens with zero attached hydrogens (tertiary/aromatic N) is 2. The third-order valence-corrected chi connectivity index (χ3v) is 3.04. The normalized spacial score (nSPS) is 12.0. The topological polar surface area (TPSA) is 102 Å². The van der Waals surface area contributed by atoms with Crippen LogP contribution in [-0.4, -0.2) is 40.1 Å². The fraction of sp³-hybridized carbons (Fsp3) is 0.615. The maximum atomic E-state index is 12.4. The molecule has 0 saturated carbocycles. The summed E-state index contributed by atoms with van der Waals surface area (Å²) in [4.78, 5) is 26.9. The van der Waals surface area contributed by atoms with Gasteiger partial charge in [-0.2, -0.15) is 13.2 Å². The molecule has 1 aromatic heterocycles. The second-order valence-electron chi connectivity index (χ2n) is 5.35. The fourth-order valence-corrected chi connectivity index (χ4v) is 1.67. The molecule has 0 aromatic carbocycles. The van der Waals surface area contributed by atoms with Crippen molar-refractivity contribution in [3.63, 3.8) is 0 Å². The van der Waals surface area contributed by atoms with E-state index in [0.29, 0.717) is 0 Å². The minimum atomic E-state index is -4.37. The molecule has 0 aliphatic rings. The standard InChI is InChI=1S/C13H20F3N5O2.2ClH/c1-8(2)11(17)12(23)20-6-10(22)19-5-9-18-3-4-21(9)7-13(14,15)16;;/h3-4,8,11H,5-7,17H2,1-2H3,(H,19,22)(H,20,23);2*1H/t11-;;/m0../s1. The highest BCUT2D eigenvalue weighted by Crippen LogP contribution is 2.18. The molecule has 7 nitrogen and oxygen atoms in total. The van der Waals surface area contributed by atoms with E-state index in [4.69, 9.17) is 5.73 Å². The SMILES string of the molecule is CC(C)[C@H](N)C(=O)NCC(=O)NCc1nccn1CC(F)(F)F.Cl.Cl. The van der Waals surface area contributed by atoms with Crippen molar-refractivity contribution in [1.82, 2.24) is 20.2 Å². The molecule has 4 N–H and O–H groups in total. The van der Waals surface area contributed by atoms with Gasteiger partial charge in [-0.1, -0.05) is 13.8 Å². The average molecular weight is 408 g/mol. The van der Waals surface area contributed by atoms with E-state index in [0.717, 1.165) is 4.57 Å². The molecule has 1 rings (SSSR count). The Balaban J connectivity index is 0. The highest BCUT2D eigenvalue weighted by atomic mass is 35.5. The van der Waals surface area contributed by atoms with Crippen LogP contribution in [0.1, 0.15) is 19.7 Å². The van der Waals surface area contributed by atoms with E-state index in [-0.39, 0.29) is 49.6 Å². The Morgan fingerprint density at radius 1 is 1.28 bits per heavy atom. The predicted octanol–water partition coefficient (Wildman–Crippen LogP) is 1.00. The summed E-state index contributed by atoms with van der Waals surface area (Å²) in [7, 11) is 0. The summed E-state index contributed by atoms with van der Waals surface area (Å²) in [6.07, 6.45) is -1.98. The van der Waals surface area contributed by atoms with Crippen molar-refractivity contribution >= 4 is 36.6 Å². The maximum Gasteiger partial charge on any atom is 0.406 e. The third-order valence-electron chi connectivity index (χ3n) is 3.04. The summed E-state index contributed by atoms with van der Waals surface area (Å²) in [5.74, 6) is -1.02. The van der Waals surface area contributed by atoms with Gasteiger partial charge in [-0.15, -0.1) is 24.8 Å². The Bertz CT molecular complexity index is 552. The van der Waals surface area contributed by atoms with Crippen LogP contribution in [0.15, 0.2) is 12.4 Å². The maximum absolute atomic E-state index is 12.4. The Morgan fingerprint density at radius 3 is 2.40 bits per heavy atom. The number of imidazole rings is 1. The van der Waals surface area contributed by atoms with Crippen LogP contribution < -0.4 is 16.4 Å². The molecule has 1 atom stereocenters. The summed E-state index contributed by atoms with van der Waals surface area (Å²) in [5.41, 5.74) is 5.61. The first kappa shape index (κ1) is 25.7. The number of hydrogen-bond acceptors (Lipinski definition) is 4. The highest BCUT2D eigenvalue weighted by Gasteiger charge is 2.28. The summed E-state index contributed by atoms with van der Waals surface area (Å²) >= 11 is 0. The average Bonchev–Trinajstić information content (AvgIpc) is 2.86. The zero-order chi connectivity index (χ0) is 17.6. The van der Waals surface area contributed by atoms with Gasteiger partial charge in [0.1, 0.15) is 12.4 Å². The van der Waals surface area contributed by atoms with Gasteiger partial charge in [-0.25, -0.2) is 4.98 Å². The molecule has 0 spiro atoms. The molecule has 0 unspecified atom stereocenters. The zero-order valence-corrected chi connectivity index (χ0v) is 15.3. The number of rotatable bonds is 7. The van der Waals surface area contributed by atoms with Crippen molar-refractivity contribution < 1.29 is 22.8 Å². The molecule has 1 aromatic rings. The monoisotopic (exact) mass is 407 g/mol. The van der Waals surface area contributed by atoms with E-state index >= 15 is 0 Å². The number of halogens is 5. The molecule has 0 aliphatic heterocycles. The smallest absolute Gasteiger partial charge is 0.347 e. The highest BCUT2D eigenvalue weighted by molar-refractivity contribution is 5.87.